The number of para-hydroxylation sites is 1. The van der Waals surface area contributed by atoms with Crippen molar-refractivity contribution in [3.8, 4) is 5.75 Å². The summed E-state index contributed by atoms with van der Waals surface area (Å²) in [7, 11) is 0. The van der Waals surface area contributed by atoms with Crippen LogP contribution in [-0.4, -0.2) is 11.0 Å². The molecule has 4 heteroatoms. The van der Waals surface area contributed by atoms with E-state index in [0.29, 0.717) is 17.7 Å². The van der Waals surface area contributed by atoms with E-state index >= 15 is 0 Å². The van der Waals surface area contributed by atoms with Crippen LogP contribution in [0, 0.1) is 6.92 Å². The van der Waals surface area contributed by atoms with Crippen LogP contribution in [0.4, 0.5) is 0 Å². The fraction of sp³-hybridized carbons (Fsp3) is 0.133. The standard InChI is InChI=1S/C15H14BrNO2/c1-10-6-12(8-13(16)7-10)15(19)17-9-11-4-2-3-5-14(11)18/h2-8,18H,9H2,1H3,(H,17,19). The van der Waals surface area contributed by atoms with Crippen LogP contribution < -0.4 is 5.32 Å². The van der Waals surface area contributed by atoms with Gasteiger partial charge in [0.05, 0.1) is 0 Å². The fourth-order valence-electron chi connectivity index (χ4n) is 1.81. The summed E-state index contributed by atoms with van der Waals surface area (Å²) in [6.45, 7) is 2.24. The number of phenols is 1. The molecule has 0 unspecified atom stereocenters. The maximum atomic E-state index is 12.0. The van der Waals surface area contributed by atoms with Gasteiger partial charge >= 0.3 is 0 Å². The van der Waals surface area contributed by atoms with E-state index in [4.69, 9.17) is 0 Å². The van der Waals surface area contributed by atoms with Crippen LogP contribution in [0.2, 0.25) is 0 Å². The Morgan fingerprint density at radius 1 is 1.26 bits per heavy atom. The summed E-state index contributed by atoms with van der Waals surface area (Å²) in [5.74, 6) is 0.0286. The van der Waals surface area contributed by atoms with Crippen LogP contribution in [0.15, 0.2) is 46.9 Å². The highest BCUT2D eigenvalue weighted by molar-refractivity contribution is 9.10. The van der Waals surface area contributed by atoms with Gasteiger partial charge in [0.2, 0.25) is 0 Å². The van der Waals surface area contributed by atoms with Gasteiger partial charge in [-0.15, -0.1) is 0 Å². The van der Waals surface area contributed by atoms with Gasteiger partial charge in [0.1, 0.15) is 5.75 Å². The van der Waals surface area contributed by atoms with Gasteiger partial charge < -0.3 is 10.4 Å². The van der Waals surface area contributed by atoms with E-state index in [1.165, 1.54) is 0 Å². The van der Waals surface area contributed by atoms with Crippen molar-refractivity contribution in [2.75, 3.05) is 0 Å². The molecule has 0 spiro atoms. The Bertz CT molecular complexity index is 591. The second-order valence-electron chi connectivity index (χ2n) is 4.33. The summed E-state index contributed by atoms with van der Waals surface area (Å²) >= 11 is 3.37. The molecule has 0 radical (unpaired) electrons. The number of halogens is 1. The summed E-state index contributed by atoms with van der Waals surface area (Å²) in [5, 5.41) is 12.4. The third-order valence-corrected chi connectivity index (χ3v) is 3.19. The van der Waals surface area contributed by atoms with Gasteiger partial charge in [0.25, 0.3) is 5.91 Å². The molecular formula is C15H14BrNO2. The molecule has 2 aromatic carbocycles. The van der Waals surface area contributed by atoms with E-state index in [9.17, 15) is 9.90 Å². The van der Waals surface area contributed by atoms with E-state index in [2.05, 4.69) is 21.2 Å². The third-order valence-electron chi connectivity index (χ3n) is 2.74. The molecule has 0 aliphatic heterocycles. The van der Waals surface area contributed by atoms with Gasteiger partial charge in [-0.2, -0.15) is 0 Å². The van der Waals surface area contributed by atoms with Crippen LogP contribution in [0.3, 0.4) is 0 Å². The largest absolute Gasteiger partial charge is 0.508 e. The molecule has 1 amide bonds. The first-order valence-electron chi connectivity index (χ1n) is 5.88. The summed E-state index contributed by atoms with van der Waals surface area (Å²) < 4.78 is 0.875. The molecule has 0 saturated carbocycles. The van der Waals surface area contributed by atoms with Gasteiger partial charge in [-0.3, -0.25) is 4.79 Å². The summed E-state index contributed by atoms with van der Waals surface area (Å²) in [5.41, 5.74) is 2.31. The number of benzene rings is 2. The molecule has 0 saturated heterocycles. The molecule has 0 bridgehead atoms. The second-order valence-corrected chi connectivity index (χ2v) is 5.24. The molecule has 98 valence electrons. The average Bonchev–Trinajstić information content (AvgIpc) is 2.36. The number of hydrogen-bond acceptors (Lipinski definition) is 2. The Labute approximate surface area is 120 Å². The lowest BCUT2D eigenvalue weighted by atomic mass is 10.1. The SMILES string of the molecule is Cc1cc(Br)cc(C(=O)NCc2ccccc2O)c1. The number of rotatable bonds is 3. The molecule has 0 aliphatic rings. The average molecular weight is 320 g/mol. The van der Waals surface area contributed by atoms with Gasteiger partial charge in [-0.25, -0.2) is 0 Å². The Kier molecular flexibility index (Phi) is 4.22. The van der Waals surface area contributed by atoms with Crippen LogP contribution >= 0.6 is 15.9 Å². The minimum Gasteiger partial charge on any atom is -0.508 e. The second kappa shape index (κ2) is 5.89. The zero-order chi connectivity index (χ0) is 13.8. The van der Waals surface area contributed by atoms with Gasteiger partial charge in [0.15, 0.2) is 0 Å². The fourth-order valence-corrected chi connectivity index (χ4v) is 2.41. The highest BCUT2D eigenvalue weighted by Gasteiger charge is 2.08. The quantitative estimate of drug-likeness (QED) is 0.911. The van der Waals surface area contributed by atoms with Crippen molar-refractivity contribution in [3.63, 3.8) is 0 Å². The van der Waals surface area contributed by atoms with Crippen molar-refractivity contribution in [3.05, 3.63) is 63.6 Å². The highest BCUT2D eigenvalue weighted by Crippen LogP contribution is 2.17. The summed E-state index contributed by atoms with van der Waals surface area (Å²) in [6, 6.07) is 12.5. The van der Waals surface area contributed by atoms with E-state index in [-0.39, 0.29) is 11.7 Å². The molecule has 19 heavy (non-hydrogen) atoms. The number of hydrogen-bond donors (Lipinski definition) is 2. The predicted octanol–water partition coefficient (Wildman–Crippen LogP) is 3.39. The third kappa shape index (κ3) is 3.58. The minimum absolute atomic E-state index is 0.160. The zero-order valence-corrected chi connectivity index (χ0v) is 12.1. The number of phenolic OH excluding ortho intramolecular Hbond substituents is 1. The zero-order valence-electron chi connectivity index (χ0n) is 10.5. The lowest BCUT2D eigenvalue weighted by molar-refractivity contribution is 0.0950. The monoisotopic (exact) mass is 319 g/mol. The lowest BCUT2D eigenvalue weighted by Crippen LogP contribution is -2.22. The Hall–Kier alpha value is -1.81. The molecule has 3 nitrogen and oxygen atoms in total. The maximum Gasteiger partial charge on any atom is 0.251 e. The van der Waals surface area contributed by atoms with Crippen LogP contribution in [0.5, 0.6) is 5.75 Å². The van der Waals surface area contributed by atoms with Crippen molar-refractivity contribution in [2.45, 2.75) is 13.5 Å². The number of amides is 1. The van der Waals surface area contributed by atoms with Crippen molar-refractivity contribution in [1.82, 2.24) is 5.32 Å². The van der Waals surface area contributed by atoms with E-state index in [1.807, 2.05) is 25.1 Å². The minimum atomic E-state index is -0.160. The normalized spacial score (nSPS) is 10.2. The van der Waals surface area contributed by atoms with E-state index in [0.717, 1.165) is 10.0 Å². The Balaban J connectivity index is 2.08. The molecule has 2 aromatic rings. The summed E-state index contributed by atoms with van der Waals surface area (Å²) in [6.07, 6.45) is 0. The number of carbonyl (C=O) groups excluding carboxylic acids is 1. The van der Waals surface area contributed by atoms with Crippen molar-refractivity contribution >= 4 is 21.8 Å². The molecular weight excluding hydrogens is 306 g/mol. The van der Waals surface area contributed by atoms with Gasteiger partial charge in [0, 0.05) is 22.1 Å². The van der Waals surface area contributed by atoms with Crippen molar-refractivity contribution in [2.24, 2.45) is 0 Å². The lowest BCUT2D eigenvalue weighted by Gasteiger charge is -2.08. The molecule has 0 aromatic heterocycles. The van der Waals surface area contributed by atoms with E-state index < -0.39 is 0 Å². The van der Waals surface area contributed by atoms with Crippen molar-refractivity contribution < 1.29 is 9.90 Å². The van der Waals surface area contributed by atoms with Gasteiger partial charge in [-0.05, 0) is 36.8 Å². The Morgan fingerprint density at radius 3 is 2.68 bits per heavy atom. The highest BCUT2D eigenvalue weighted by atomic mass is 79.9. The van der Waals surface area contributed by atoms with E-state index in [1.54, 1.807) is 24.3 Å². The first kappa shape index (κ1) is 13.6. The smallest absolute Gasteiger partial charge is 0.251 e. The number of aryl methyl sites for hydroxylation is 1. The Morgan fingerprint density at radius 2 is 2.00 bits per heavy atom. The van der Waals surface area contributed by atoms with Crippen molar-refractivity contribution in [1.29, 1.82) is 0 Å². The molecule has 0 fully saturated rings. The first-order chi connectivity index (χ1) is 9.06. The first-order valence-corrected chi connectivity index (χ1v) is 6.68. The van der Waals surface area contributed by atoms with Crippen LogP contribution in [-0.2, 0) is 6.54 Å². The molecule has 2 rings (SSSR count). The molecule has 0 aliphatic carbocycles. The topological polar surface area (TPSA) is 49.3 Å². The number of aromatic hydroxyl groups is 1. The van der Waals surface area contributed by atoms with Gasteiger partial charge in [-0.1, -0.05) is 34.1 Å². The molecule has 2 N–H and O–H groups in total. The molecule has 0 heterocycles. The predicted molar refractivity (Wildman–Crippen MR) is 78.2 cm³/mol. The number of carbonyl (C=O) groups is 1. The molecule has 0 atom stereocenters. The number of nitrogens with one attached hydrogen (secondary N) is 1. The summed E-state index contributed by atoms with van der Waals surface area (Å²) in [4.78, 5) is 12.0. The maximum absolute atomic E-state index is 12.0. The van der Waals surface area contributed by atoms with Crippen LogP contribution in [0.1, 0.15) is 21.5 Å². The van der Waals surface area contributed by atoms with Crippen LogP contribution in [0.25, 0.3) is 0 Å².